The maximum absolute atomic E-state index is 13.8. The molecule has 6 rings (SSSR count). The summed E-state index contributed by atoms with van der Waals surface area (Å²) in [6, 6.07) is 12.4. The van der Waals surface area contributed by atoms with Crippen LogP contribution in [0.1, 0.15) is 49.6 Å². The second kappa shape index (κ2) is 7.66. The third kappa shape index (κ3) is 2.96. The topological polar surface area (TPSA) is 67.1 Å². The number of nitrogens with one attached hydrogen (secondary N) is 2. The molecule has 2 aromatic carbocycles. The van der Waals surface area contributed by atoms with Crippen LogP contribution >= 0.6 is 0 Å². The molecule has 0 atom stereocenters. The molecule has 0 bridgehead atoms. The van der Waals surface area contributed by atoms with Crippen LogP contribution in [0.2, 0.25) is 0 Å². The highest BCUT2D eigenvalue weighted by Crippen LogP contribution is 2.40. The minimum Gasteiger partial charge on any atom is -0.497 e. The Morgan fingerprint density at radius 2 is 1.15 bits per heavy atom. The van der Waals surface area contributed by atoms with E-state index >= 15 is 0 Å². The Bertz CT molecular complexity index is 1360. The lowest BCUT2D eigenvalue weighted by Gasteiger charge is -2.17. The Balaban J connectivity index is 1.42. The molecule has 0 unspecified atom stereocenters. The number of fused-ring (bicyclic) bond motifs is 6. The van der Waals surface area contributed by atoms with Crippen LogP contribution in [0.5, 0.6) is 11.5 Å². The first-order valence-corrected chi connectivity index (χ1v) is 11.8. The molecule has 0 amide bonds. The highest BCUT2D eigenvalue weighted by atomic mass is 16.5. The van der Waals surface area contributed by atoms with E-state index in [9.17, 15) is 4.79 Å². The first-order valence-electron chi connectivity index (χ1n) is 11.8. The average Bonchev–Trinajstić information content (AvgIpc) is 3.39. The summed E-state index contributed by atoms with van der Waals surface area (Å²) in [5, 5.41) is 0. The van der Waals surface area contributed by atoms with Gasteiger partial charge in [-0.05, 0) is 109 Å². The summed E-state index contributed by atoms with van der Waals surface area (Å²) in [5.41, 5.74) is 12.9. The van der Waals surface area contributed by atoms with Crippen molar-refractivity contribution >= 4 is 5.78 Å². The van der Waals surface area contributed by atoms with Crippen molar-refractivity contribution < 1.29 is 14.3 Å². The van der Waals surface area contributed by atoms with Crippen LogP contribution in [0.25, 0.3) is 22.5 Å². The molecule has 0 aliphatic heterocycles. The zero-order valence-corrected chi connectivity index (χ0v) is 20.0. The summed E-state index contributed by atoms with van der Waals surface area (Å²) in [4.78, 5) is 20.9. The van der Waals surface area contributed by atoms with Gasteiger partial charge < -0.3 is 19.4 Å². The van der Waals surface area contributed by atoms with Crippen molar-refractivity contribution in [1.29, 1.82) is 0 Å². The highest BCUT2D eigenvalue weighted by molar-refractivity contribution is 6.10. The van der Waals surface area contributed by atoms with Gasteiger partial charge in [0.2, 0.25) is 5.78 Å². The van der Waals surface area contributed by atoms with Crippen molar-refractivity contribution in [1.82, 2.24) is 9.97 Å². The Labute approximate surface area is 199 Å². The molecule has 0 fully saturated rings. The summed E-state index contributed by atoms with van der Waals surface area (Å²) in [6.45, 7) is 4.13. The predicted octanol–water partition coefficient (Wildman–Crippen LogP) is 5.74. The van der Waals surface area contributed by atoms with E-state index in [0.29, 0.717) is 11.4 Å². The molecule has 172 valence electrons. The smallest absolute Gasteiger partial charge is 0.225 e. The van der Waals surface area contributed by atoms with Crippen LogP contribution < -0.4 is 9.47 Å². The Hall–Kier alpha value is -3.73. The quantitative estimate of drug-likeness (QED) is 0.388. The molecule has 0 radical (unpaired) electrons. The number of ether oxygens (including phenoxy) is 2. The average molecular weight is 453 g/mol. The van der Waals surface area contributed by atoms with Gasteiger partial charge in [-0.2, -0.15) is 0 Å². The number of aromatic amines is 2. The van der Waals surface area contributed by atoms with Crippen LogP contribution in [0, 0.1) is 13.8 Å². The number of benzene rings is 2. The molecule has 2 aromatic heterocycles. The van der Waals surface area contributed by atoms with Gasteiger partial charge in [0.05, 0.1) is 25.6 Å². The van der Waals surface area contributed by atoms with Gasteiger partial charge in [0.1, 0.15) is 11.5 Å². The van der Waals surface area contributed by atoms with Crippen LogP contribution in [-0.2, 0) is 25.7 Å². The molecule has 2 N–H and O–H groups in total. The number of carbonyl (C=O) groups excluding carboxylic acids is 1. The SMILES string of the molecule is COc1ccc2c(c1)CCc1c-2[nH]c(C(=O)c2[nH]c3c(c2C)CCc2cc(OC)ccc2-3)c1C. The van der Waals surface area contributed by atoms with Gasteiger partial charge in [-0.15, -0.1) is 0 Å². The van der Waals surface area contributed by atoms with Gasteiger partial charge in [0.25, 0.3) is 0 Å². The molecule has 4 aromatic rings. The minimum absolute atomic E-state index is 0.0314. The summed E-state index contributed by atoms with van der Waals surface area (Å²) in [6.07, 6.45) is 3.73. The van der Waals surface area contributed by atoms with Crippen molar-refractivity contribution in [2.45, 2.75) is 39.5 Å². The van der Waals surface area contributed by atoms with Gasteiger partial charge in [0, 0.05) is 22.5 Å². The molecule has 5 heteroatoms. The number of aryl methyl sites for hydroxylation is 2. The third-order valence-corrected chi connectivity index (χ3v) is 7.67. The molecule has 0 saturated heterocycles. The number of rotatable bonds is 4. The van der Waals surface area contributed by atoms with E-state index in [0.717, 1.165) is 70.8 Å². The predicted molar refractivity (Wildman–Crippen MR) is 133 cm³/mol. The maximum atomic E-state index is 13.8. The summed E-state index contributed by atoms with van der Waals surface area (Å²) in [5.74, 6) is 1.77. The Kier molecular flexibility index (Phi) is 4.70. The lowest BCUT2D eigenvalue weighted by molar-refractivity contribution is 0.103. The van der Waals surface area contributed by atoms with Crippen molar-refractivity contribution in [2.24, 2.45) is 0 Å². The van der Waals surface area contributed by atoms with Crippen molar-refractivity contribution in [3.05, 3.63) is 81.2 Å². The standard InChI is InChI=1S/C29H28N2O3/c1-15-21-9-5-17-13-19(33-3)7-11-23(17)27(21)30-25(15)29(32)26-16(2)22-10-6-18-14-20(34-4)8-12-24(18)28(22)31-26/h7-8,11-14,30-31H,5-6,9-10H2,1-4H3. The van der Waals surface area contributed by atoms with Crippen LogP contribution in [0.4, 0.5) is 0 Å². The van der Waals surface area contributed by atoms with E-state index in [4.69, 9.17) is 9.47 Å². The highest BCUT2D eigenvalue weighted by Gasteiger charge is 2.29. The Morgan fingerprint density at radius 1 is 0.706 bits per heavy atom. The monoisotopic (exact) mass is 452 g/mol. The summed E-state index contributed by atoms with van der Waals surface area (Å²) in [7, 11) is 3.39. The third-order valence-electron chi connectivity index (χ3n) is 7.67. The number of carbonyl (C=O) groups is 1. The van der Waals surface area contributed by atoms with E-state index in [1.165, 1.54) is 22.3 Å². The largest absolute Gasteiger partial charge is 0.497 e. The number of ketones is 1. The fourth-order valence-electron chi connectivity index (χ4n) is 5.74. The molecule has 2 aliphatic carbocycles. The lowest BCUT2D eigenvalue weighted by atomic mass is 9.88. The molecule has 0 spiro atoms. The second-order valence-corrected chi connectivity index (χ2v) is 9.33. The van der Waals surface area contributed by atoms with E-state index in [1.54, 1.807) is 14.2 Å². The number of hydrogen-bond donors (Lipinski definition) is 2. The first kappa shape index (κ1) is 20.8. The van der Waals surface area contributed by atoms with E-state index in [-0.39, 0.29) is 5.78 Å². The van der Waals surface area contributed by atoms with Gasteiger partial charge in [0.15, 0.2) is 0 Å². The van der Waals surface area contributed by atoms with Gasteiger partial charge in [-0.3, -0.25) is 4.79 Å². The van der Waals surface area contributed by atoms with Crippen LogP contribution in [-0.4, -0.2) is 30.0 Å². The molecule has 2 heterocycles. The maximum Gasteiger partial charge on any atom is 0.225 e. The Morgan fingerprint density at radius 3 is 1.56 bits per heavy atom. The van der Waals surface area contributed by atoms with E-state index in [1.807, 2.05) is 12.1 Å². The van der Waals surface area contributed by atoms with Crippen molar-refractivity contribution in [2.75, 3.05) is 14.2 Å². The number of H-pyrrole nitrogens is 2. The normalized spacial score (nSPS) is 13.5. The van der Waals surface area contributed by atoms with E-state index in [2.05, 4.69) is 48.1 Å². The van der Waals surface area contributed by atoms with Crippen LogP contribution in [0.3, 0.4) is 0 Å². The first-order chi connectivity index (χ1) is 16.5. The van der Waals surface area contributed by atoms with Crippen molar-refractivity contribution in [3.8, 4) is 34.0 Å². The fraction of sp³-hybridized carbons (Fsp3) is 0.276. The number of methoxy groups -OCH3 is 2. The van der Waals surface area contributed by atoms with Gasteiger partial charge in [-0.25, -0.2) is 0 Å². The summed E-state index contributed by atoms with van der Waals surface area (Å²) < 4.78 is 10.8. The van der Waals surface area contributed by atoms with Gasteiger partial charge in [-0.1, -0.05) is 0 Å². The lowest BCUT2D eigenvalue weighted by Crippen LogP contribution is -2.06. The molecule has 2 aliphatic rings. The van der Waals surface area contributed by atoms with Crippen LogP contribution in [0.15, 0.2) is 36.4 Å². The number of aromatic nitrogens is 2. The zero-order chi connectivity index (χ0) is 23.6. The minimum atomic E-state index is 0.0314. The zero-order valence-electron chi connectivity index (χ0n) is 20.0. The fourth-order valence-corrected chi connectivity index (χ4v) is 5.74. The molecule has 0 saturated carbocycles. The molecular weight excluding hydrogens is 424 g/mol. The van der Waals surface area contributed by atoms with Gasteiger partial charge >= 0.3 is 0 Å². The van der Waals surface area contributed by atoms with E-state index < -0.39 is 0 Å². The van der Waals surface area contributed by atoms with Crippen molar-refractivity contribution in [3.63, 3.8) is 0 Å². The molecule has 34 heavy (non-hydrogen) atoms. The molecular formula is C29H28N2O3. The summed E-state index contributed by atoms with van der Waals surface area (Å²) >= 11 is 0. The molecule has 5 nitrogen and oxygen atoms in total. The second-order valence-electron chi connectivity index (χ2n) is 9.33. The number of hydrogen-bond acceptors (Lipinski definition) is 3.